The van der Waals surface area contributed by atoms with Crippen LogP contribution in [-0.4, -0.2) is 16.8 Å². The molecule has 15 heavy (non-hydrogen) atoms. The molecule has 0 aromatic carbocycles. The number of aromatic nitrogens is 1. The molecule has 1 N–H and O–H groups in total. The van der Waals surface area contributed by atoms with E-state index in [-0.39, 0.29) is 5.69 Å². The predicted octanol–water partition coefficient (Wildman–Crippen LogP) is -1.24. The molecule has 2 aliphatic heterocycles. The lowest BCUT2D eigenvalue weighted by atomic mass is 10.2. The van der Waals surface area contributed by atoms with Gasteiger partial charge in [-0.05, 0) is 11.3 Å². The second kappa shape index (κ2) is 2.53. The third-order valence-electron chi connectivity index (χ3n) is 2.04. The average molecular weight is 201 g/mol. The van der Waals surface area contributed by atoms with Crippen molar-refractivity contribution in [2.24, 2.45) is 15.4 Å². The van der Waals surface area contributed by atoms with E-state index in [0.29, 0.717) is 16.4 Å². The van der Waals surface area contributed by atoms with E-state index in [4.69, 9.17) is 0 Å². The minimum atomic E-state index is -0.526. The lowest BCUT2D eigenvalue weighted by molar-refractivity contribution is -0.114. The van der Waals surface area contributed by atoms with Crippen LogP contribution in [0.2, 0.25) is 0 Å². The number of hydrogen-bond acceptors (Lipinski definition) is 6. The molecule has 7 heteroatoms. The molecule has 7 nitrogen and oxygen atoms in total. The minimum Gasteiger partial charge on any atom is -0.287 e. The maximum Gasteiger partial charge on any atom is 0.277 e. The van der Waals surface area contributed by atoms with Crippen LogP contribution in [0, 0.1) is 0 Å². The van der Waals surface area contributed by atoms with Gasteiger partial charge in [-0.15, -0.1) is 10.2 Å². The monoisotopic (exact) mass is 201 g/mol. The summed E-state index contributed by atoms with van der Waals surface area (Å²) in [5, 5.41) is 13.3. The van der Waals surface area contributed by atoms with Gasteiger partial charge in [-0.1, -0.05) is 0 Å². The van der Waals surface area contributed by atoms with Crippen LogP contribution in [0.3, 0.4) is 0 Å². The summed E-state index contributed by atoms with van der Waals surface area (Å²) >= 11 is 0. The summed E-state index contributed by atoms with van der Waals surface area (Å²) in [6, 6.07) is 1.56. The van der Waals surface area contributed by atoms with E-state index in [1.807, 2.05) is 0 Å². The van der Waals surface area contributed by atoms with E-state index in [2.05, 4.69) is 25.7 Å². The van der Waals surface area contributed by atoms with Crippen LogP contribution >= 0.6 is 0 Å². The van der Waals surface area contributed by atoms with Crippen molar-refractivity contribution in [2.45, 2.75) is 0 Å². The number of carbonyl (C=O) groups excluding carboxylic acids is 2. The van der Waals surface area contributed by atoms with Crippen LogP contribution in [0.1, 0.15) is 10.5 Å². The highest BCUT2D eigenvalue weighted by Gasteiger charge is 2.19. The van der Waals surface area contributed by atoms with E-state index in [1.165, 1.54) is 6.08 Å². The molecule has 0 fully saturated rings. The van der Waals surface area contributed by atoms with E-state index in [0.717, 1.165) is 0 Å². The maximum atomic E-state index is 11.4. The van der Waals surface area contributed by atoms with Gasteiger partial charge in [-0.3, -0.25) is 14.9 Å². The lowest BCUT2D eigenvalue weighted by Crippen LogP contribution is -2.40. The van der Waals surface area contributed by atoms with Gasteiger partial charge in [0.15, 0.2) is 0 Å². The first-order chi connectivity index (χ1) is 7.24. The van der Waals surface area contributed by atoms with Gasteiger partial charge in [0, 0.05) is 11.3 Å². The van der Waals surface area contributed by atoms with Crippen LogP contribution in [-0.2, 0) is 4.79 Å². The van der Waals surface area contributed by atoms with E-state index < -0.39 is 11.8 Å². The fourth-order valence-corrected chi connectivity index (χ4v) is 1.41. The van der Waals surface area contributed by atoms with Crippen LogP contribution in [0.25, 0.3) is 6.08 Å². The number of hydrogen-bond donors (Lipinski definition) is 1. The molecule has 3 heterocycles. The lowest BCUT2D eigenvalue weighted by Gasteiger charge is -2.06. The van der Waals surface area contributed by atoms with E-state index in [9.17, 15) is 9.59 Å². The largest absolute Gasteiger partial charge is 0.287 e. The molecule has 0 spiro atoms. The van der Waals surface area contributed by atoms with E-state index >= 15 is 0 Å². The summed E-state index contributed by atoms with van der Waals surface area (Å²) in [6.07, 6.45) is 1.29. The quantitative estimate of drug-likeness (QED) is 0.532. The molecular weight excluding hydrogens is 198 g/mol. The topological polar surface area (TPSA) is 96.1 Å². The molecule has 1 aromatic rings. The highest BCUT2D eigenvalue weighted by Crippen LogP contribution is 2.07. The smallest absolute Gasteiger partial charge is 0.277 e. The first-order valence-electron chi connectivity index (χ1n) is 4.11. The second-order valence-corrected chi connectivity index (χ2v) is 3.02. The molecule has 0 atom stereocenters. The van der Waals surface area contributed by atoms with Gasteiger partial charge < -0.3 is 0 Å². The van der Waals surface area contributed by atoms with E-state index in [1.54, 1.807) is 6.07 Å². The summed E-state index contributed by atoms with van der Waals surface area (Å²) in [6.45, 7) is 0. The summed E-state index contributed by atoms with van der Waals surface area (Å²) in [5.41, 5.74) is 0.934. The Balaban J connectivity index is 2.42. The summed E-state index contributed by atoms with van der Waals surface area (Å²) < 4.78 is 0. The zero-order valence-corrected chi connectivity index (χ0v) is 7.26. The van der Waals surface area contributed by atoms with Gasteiger partial charge in [0.05, 0.1) is 0 Å². The van der Waals surface area contributed by atoms with Crippen LogP contribution in [0.15, 0.2) is 21.5 Å². The highest BCUT2D eigenvalue weighted by atomic mass is 16.2. The molecule has 1 aromatic heterocycles. The maximum absolute atomic E-state index is 11.4. The number of nitrogens with one attached hydrogen (secondary N) is 1. The predicted molar refractivity (Wildman–Crippen MR) is 46.5 cm³/mol. The second-order valence-electron chi connectivity index (χ2n) is 3.02. The zero-order valence-electron chi connectivity index (χ0n) is 7.26. The van der Waals surface area contributed by atoms with Crippen LogP contribution in [0.5, 0.6) is 0 Å². The molecule has 0 saturated carbocycles. The Labute approximate surface area is 82.2 Å². The summed E-state index contributed by atoms with van der Waals surface area (Å²) in [5.74, 6) is -0.983. The number of rotatable bonds is 0. The van der Waals surface area contributed by atoms with Gasteiger partial charge in [0.1, 0.15) is 11.4 Å². The third-order valence-corrected chi connectivity index (χ3v) is 2.04. The number of imide groups is 1. The standard InChI is InChI=1S/C8H3N5O2/c14-5-2-3-1-4-7(12-13-11-4)10-6(3)8(15)9-5/h1-2H,(H,9,14,15). The number of carbonyl (C=O) groups is 2. The van der Waals surface area contributed by atoms with Crippen molar-refractivity contribution in [2.75, 3.05) is 0 Å². The normalized spacial score (nSPS) is 16.3. The number of fused-ring (bicyclic) bond motifs is 2. The first-order valence-corrected chi connectivity index (χ1v) is 4.11. The van der Waals surface area contributed by atoms with Crippen LogP contribution < -0.4 is 16.0 Å². The SMILES string of the molecule is O=C1C=c2cc3c(nc2C(=O)N1)=NN=N3. The Morgan fingerprint density at radius 2 is 2.13 bits per heavy atom. The van der Waals surface area contributed by atoms with Crippen molar-refractivity contribution in [3.63, 3.8) is 0 Å². The Bertz CT molecular complexity index is 646. The number of amides is 2. The Morgan fingerprint density at radius 3 is 3.00 bits per heavy atom. The zero-order chi connectivity index (χ0) is 10.4. The van der Waals surface area contributed by atoms with Gasteiger partial charge in [-0.25, -0.2) is 4.98 Å². The Morgan fingerprint density at radius 1 is 1.27 bits per heavy atom. The van der Waals surface area contributed by atoms with Crippen LogP contribution in [0.4, 0.5) is 5.69 Å². The van der Waals surface area contributed by atoms with Crippen molar-refractivity contribution in [3.05, 3.63) is 22.5 Å². The molecule has 3 rings (SSSR count). The van der Waals surface area contributed by atoms with Crippen molar-refractivity contribution in [1.82, 2.24) is 10.3 Å². The molecule has 72 valence electrons. The summed E-state index contributed by atoms with van der Waals surface area (Å²) in [4.78, 5) is 26.4. The minimum absolute atomic E-state index is 0.171. The van der Waals surface area contributed by atoms with Gasteiger partial charge >= 0.3 is 0 Å². The fraction of sp³-hybridized carbons (Fsp3) is 0. The summed E-state index contributed by atoms with van der Waals surface area (Å²) in [7, 11) is 0. The first kappa shape index (κ1) is 7.92. The van der Waals surface area contributed by atoms with Gasteiger partial charge in [0.2, 0.25) is 5.49 Å². The fourth-order valence-electron chi connectivity index (χ4n) is 1.41. The average Bonchev–Trinajstić information content (AvgIpc) is 2.61. The number of pyridine rings is 1. The third kappa shape index (κ3) is 1.06. The molecule has 2 aliphatic rings. The molecule has 2 amide bonds. The van der Waals surface area contributed by atoms with Crippen molar-refractivity contribution in [3.8, 4) is 0 Å². The van der Waals surface area contributed by atoms with Crippen molar-refractivity contribution < 1.29 is 9.59 Å². The van der Waals surface area contributed by atoms with Gasteiger partial charge in [-0.2, -0.15) is 0 Å². The molecule has 0 unspecified atom stereocenters. The van der Waals surface area contributed by atoms with Crippen molar-refractivity contribution >= 4 is 23.6 Å². The molecular formula is C8H3N5O2. The molecule has 0 bridgehead atoms. The Hall–Kier alpha value is -2.44. The van der Waals surface area contributed by atoms with Crippen molar-refractivity contribution in [1.29, 1.82) is 0 Å². The van der Waals surface area contributed by atoms with Gasteiger partial charge in [0.25, 0.3) is 11.8 Å². The molecule has 0 radical (unpaired) electrons. The highest BCUT2D eigenvalue weighted by molar-refractivity contribution is 6.18. The molecule has 0 aliphatic carbocycles. The molecule has 0 saturated heterocycles. The Kier molecular flexibility index (Phi) is 1.34. The number of nitrogens with zero attached hydrogens (tertiary/aromatic N) is 4.